The summed E-state index contributed by atoms with van der Waals surface area (Å²) < 4.78 is 34.0. The van der Waals surface area contributed by atoms with Gasteiger partial charge in [-0.15, -0.1) is 10.2 Å². The van der Waals surface area contributed by atoms with E-state index in [4.69, 9.17) is 18.6 Å². The molecule has 0 radical (unpaired) electrons. The van der Waals surface area contributed by atoms with Crippen LogP contribution in [0.15, 0.2) is 53.9 Å². The van der Waals surface area contributed by atoms with Crippen LogP contribution in [0.1, 0.15) is 0 Å². The Bertz CT molecular complexity index is 387. The van der Waals surface area contributed by atoms with Crippen LogP contribution < -0.4 is 18.6 Å². The van der Waals surface area contributed by atoms with Crippen LogP contribution in [0.5, 0.6) is 0 Å². The van der Waals surface area contributed by atoms with Gasteiger partial charge in [-0.25, -0.2) is 18.6 Å². The van der Waals surface area contributed by atoms with E-state index in [1.807, 2.05) is 6.07 Å². The van der Waals surface area contributed by atoms with Crippen molar-refractivity contribution in [2.24, 2.45) is 0 Å². The Kier molecular flexibility index (Phi) is 5.43. The molecule has 2 rings (SSSR count). The summed E-state index contributed by atoms with van der Waals surface area (Å²) in [5, 5.41) is 2.10. The number of hydrogen-bond donors (Lipinski definition) is 0. The van der Waals surface area contributed by atoms with E-state index in [9.17, 15) is 0 Å². The molecule has 0 saturated heterocycles. The standard InChI is InChI=1S/C11H9S.ClHO4/c1-2-6-10(7-3-1)11-8-4-5-9-12-11;2-1(3,4)5/h1-9H;(H,2,3,4,5)/q+1;/p-1. The molecule has 0 aliphatic rings. The van der Waals surface area contributed by atoms with Gasteiger partial charge in [0.05, 0.1) is 0 Å². The molecule has 0 unspecified atom stereocenters. The maximum absolute atomic E-state index is 8.49. The molecule has 4 nitrogen and oxygen atoms in total. The average molecular weight is 273 g/mol. The summed E-state index contributed by atoms with van der Waals surface area (Å²) in [5.74, 6) is 0. The summed E-state index contributed by atoms with van der Waals surface area (Å²) in [6.45, 7) is 0. The Morgan fingerprint density at radius 3 is 1.76 bits per heavy atom. The molecule has 17 heavy (non-hydrogen) atoms. The maximum atomic E-state index is 8.49. The molecule has 0 aliphatic heterocycles. The monoisotopic (exact) mass is 272 g/mol. The van der Waals surface area contributed by atoms with Crippen LogP contribution in [0.2, 0.25) is 0 Å². The van der Waals surface area contributed by atoms with Crippen molar-refractivity contribution in [2.75, 3.05) is 0 Å². The van der Waals surface area contributed by atoms with E-state index in [0.717, 1.165) is 0 Å². The van der Waals surface area contributed by atoms with Gasteiger partial charge in [0.1, 0.15) is 0 Å². The van der Waals surface area contributed by atoms with E-state index in [0.29, 0.717) is 0 Å². The minimum absolute atomic E-state index is 1.29. The second kappa shape index (κ2) is 6.61. The molecule has 0 saturated carbocycles. The summed E-state index contributed by atoms with van der Waals surface area (Å²) >= 11 is 1.77. The number of benzene rings is 1. The van der Waals surface area contributed by atoms with Gasteiger partial charge in [-0.3, -0.25) is 0 Å². The Labute approximate surface area is 105 Å². The van der Waals surface area contributed by atoms with Crippen molar-refractivity contribution in [3.63, 3.8) is 0 Å². The Hall–Kier alpha value is -1.08. The zero-order chi connectivity index (χ0) is 12.7. The largest absolute Gasteiger partial charge is 0.237 e. The molecule has 6 heteroatoms. The molecule has 90 valence electrons. The third-order valence-electron chi connectivity index (χ3n) is 1.69. The van der Waals surface area contributed by atoms with Crippen LogP contribution >= 0.6 is 11.3 Å². The fourth-order valence-electron chi connectivity index (χ4n) is 1.11. The Balaban J connectivity index is 0.000000249. The lowest BCUT2D eigenvalue weighted by Crippen LogP contribution is -2.68. The van der Waals surface area contributed by atoms with Crippen molar-refractivity contribution in [1.82, 2.24) is 0 Å². The van der Waals surface area contributed by atoms with Crippen LogP contribution in [0.4, 0.5) is 0 Å². The van der Waals surface area contributed by atoms with Gasteiger partial charge in [0.2, 0.25) is 16.2 Å². The highest BCUT2D eigenvalue weighted by Gasteiger charge is 2.04. The second-order valence-electron chi connectivity index (χ2n) is 2.91. The van der Waals surface area contributed by atoms with E-state index in [2.05, 4.69) is 47.8 Å². The minimum Gasteiger partial charge on any atom is -0.222 e. The van der Waals surface area contributed by atoms with Crippen LogP contribution in [0.3, 0.4) is 0 Å². The van der Waals surface area contributed by atoms with Gasteiger partial charge in [0.15, 0.2) is 5.38 Å². The SMILES string of the molecule is [O-][Cl+3]([O-])([O-])[O-].c1ccc(-c2cccc[s+]2)cc1. The van der Waals surface area contributed by atoms with Crippen LogP contribution in [0.25, 0.3) is 10.4 Å². The van der Waals surface area contributed by atoms with Gasteiger partial charge in [0.25, 0.3) is 0 Å². The predicted molar refractivity (Wildman–Crippen MR) is 54.2 cm³/mol. The third-order valence-corrected chi connectivity index (χ3v) is 2.61. The summed E-state index contributed by atoms with van der Waals surface area (Å²) in [6.07, 6.45) is 0. The van der Waals surface area contributed by atoms with Gasteiger partial charge in [0, 0.05) is 11.6 Å². The van der Waals surface area contributed by atoms with Crippen LogP contribution in [-0.2, 0) is 0 Å². The lowest BCUT2D eigenvalue weighted by Gasteiger charge is -2.17. The van der Waals surface area contributed by atoms with Gasteiger partial charge < -0.3 is 0 Å². The van der Waals surface area contributed by atoms with Crippen molar-refractivity contribution in [1.29, 1.82) is 0 Å². The first-order valence-electron chi connectivity index (χ1n) is 4.51. The number of halogens is 1. The Morgan fingerprint density at radius 2 is 1.29 bits per heavy atom. The van der Waals surface area contributed by atoms with Gasteiger partial charge in [-0.1, -0.05) is 24.3 Å². The minimum atomic E-state index is -4.94. The van der Waals surface area contributed by atoms with E-state index in [-0.39, 0.29) is 0 Å². The highest BCUT2D eigenvalue weighted by molar-refractivity contribution is 7.13. The summed E-state index contributed by atoms with van der Waals surface area (Å²) in [4.78, 5) is 1.32. The first-order chi connectivity index (χ1) is 7.97. The highest BCUT2D eigenvalue weighted by atomic mass is 35.7. The summed E-state index contributed by atoms with van der Waals surface area (Å²) in [5.41, 5.74) is 1.29. The average Bonchev–Trinajstić information content (AvgIpc) is 2.29. The lowest BCUT2D eigenvalue weighted by atomic mass is 10.2. The molecule has 0 aliphatic carbocycles. The van der Waals surface area contributed by atoms with Gasteiger partial charge >= 0.3 is 0 Å². The molecule has 1 aromatic carbocycles. The van der Waals surface area contributed by atoms with Crippen molar-refractivity contribution in [2.45, 2.75) is 0 Å². The molecular weight excluding hydrogens is 264 g/mol. The molecule has 1 heterocycles. The maximum Gasteiger partial charge on any atom is 0.237 e. The third kappa shape index (κ3) is 6.96. The first kappa shape index (κ1) is 14.0. The zero-order valence-corrected chi connectivity index (χ0v) is 10.2. The number of rotatable bonds is 1. The highest BCUT2D eigenvalue weighted by Crippen LogP contribution is 2.22. The fourth-order valence-corrected chi connectivity index (χ4v) is 1.85. The van der Waals surface area contributed by atoms with Gasteiger partial charge in [-0.05, 0) is 18.2 Å². The number of hydrogen-bond acceptors (Lipinski definition) is 4. The predicted octanol–water partition coefficient (Wildman–Crippen LogP) is -1.06. The smallest absolute Gasteiger partial charge is 0.222 e. The first-order valence-corrected chi connectivity index (χ1v) is 6.62. The van der Waals surface area contributed by atoms with Crippen LogP contribution in [-0.4, -0.2) is 0 Å². The van der Waals surface area contributed by atoms with E-state index in [1.54, 1.807) is 11.3 Å². The molecule has 0 spiro atoms. The van der Waals surface area contributed by atoms with E-state index in [1.165, 1.54) is 10.4 Å². The lowest BCUT2D eigenvalue weighted by molar-refractivity contribution is -2.00. The Morgan fingerprint density at radius 1 is 0.765 bits per heavy atom. The van der Waals surface area contributed by atoms with Crippen LogP contribution in [0, 0.1) is 10.2 Å². The second-order valence-corrected chi connectivity index (χ2v) is 4.62. The van der Waals surface area contributed by atoms with Crippen molar-refractivity contribution in [3.05, 3.63) is 53.9 Å². The molecule has 0 bridgehead atoms. The topological polar surface area (TPSA) is 92.2 Å². The van der Waals surface area contributed by atoms with Crippen molar-refractivity contribution < 1.29 is 28.9 Å². The van der Waals surface area contributed by atoms with Crippen molar-refractivity contribution in [3.8, 4) is 10.4 Å². The summed E-state index contributed by atoms with van der Waals surface area (Å²) in [7, 11) is -4.94. The summed E-state index contributed by atoms with van der Waals surface area (Å²) in [6, 6.07) is 16.7. The molecule has 1 aromatic heterocycles. The molecular formula is C11H9ClO4S. The van der Waals surface area contributed by atoms with Gasteiger partial charge in [-0.2, -0.15) is 0 Å². The van der Waals surface area contributed by atoms with Crippen molar-refractivity contribution >= 4 is 11.3 Å². The zero-order valence-electron chi connectivity index (χ0n) is 8.62. The molecule has 2 aromatic rings. The molecule has 0 amide bonds. The fraction of sp³-hybridized carbons (Fsp3) is 0. The quantitative estimate of drug-likeness (QED) is 0.619. The molecule has 0 N–H and O–H groups in total. The normalized spacial score (nSPS) is 10.4. The molecule has 0 fully saturated rings. The van der Waals surface area contributed by atoms with E-state index < -0.39 is 10.2 Å². The van der Waals surface area contributed by atoms with E-state index >= 15 is 0 Å². The molecule has 0 atom stereocenters.